The van der Waals surface area contributed by atoms with Crippen LogP contribution in [0.5, 0.6) is 0 Å². The lowest BCUT2D eigenvalue weighted by Crippen LogP contribution is -2.41. The van der Waals surface area contributed by atoms with Crippen LogP contribution in [0.2, 0.25) is 5.02 Å². The predicted molar refractivity (Wildman–Crippen MR) is 79.5 cm³/mol. The van der Waals surface area contributed by atoms with Crippen molar-refractivity contribution in [3.8, 4) is 0 Å². The van der Waals surface area contributed by atoms with Crippen LogP contribution >= 0.6 is 11.6 Å². The maximum atomic E-state index is 11.8. The topological polar surface area (TPSA) is 78.4 Å². The number of carbonyl (C=O) groups is 2. The van der Waals surface area contributed by atoms with Crippen molar-refractivity contribution in [2.24, 2.45) is 0 Å². The molecule has 1 aliphatic carbocycles. The molecule has 110 valence electrons. The number of hydrogen-bond acceptors (Lipinski definition) is 3. The molecule has 0 heterocycles. The quantitative estimate of drug-likeness (QED) is 0.744. The third kappa shape index (κ3) is 4.44. The first kappa shape index (κ1) is 15.3. The van der Waals surface area contributed by atoms with Crippen molar-refractivity contribution in [2.45, 2.75) is 18.9 Å². The van der Waals surface area contributed by atoms with E-state index in [4.69, 9.17) is 11.6 Å². The van der Waals surface area contributed by atoms with Gasteiger partial charge in [-0.3, -0.25) is 20.4 Å². The van der Waals surface area contributed by atoms with Gasteiger partial charge in [-0.2, -0.15) is 0 Å². The van der Waals surface area contributed by atoms with E-state index < -0.39 is 12.0 Å². The normalized spacial score (nSPS) is 17.0. The molecular formula is C15H15ClN2O3. The Morgan fingerprint density at radius 1 is 1.29 bits per heavy atom. The molecule has 1 aromatic rings. The summed E-state index contributed by atoms with van der Waals surface area (Å²) in [5.74, 6) is -0.837. The second-order valence-electron chi connectivity index (χ2n) is 4.64. The van der Waals surface area contributed by atoms with Gasteiger partial charge in [0.1, 0.15) is 0 Å². The van der Waals surface area contributed by atoms with Crippen LogP contribution < -0.4 is 10.9 Å². The van der Waals surface area contributed by atoms with Crippen molar-refractivity contribution in [3.63, 3.8) is 0 Å². The second kappa shape index (κ2) is 7.06. The van der Waals surface area contributed by atoms with Crippen LogP contribution in [0, 0.1) is 0 Å². The number of hydrazine groups is 1. The monoisotopic (exact) mass is 306 g/mol. The molecule has 5 nitrogen and oxygen atoms in total. The van der Waals surface area contributed by atoms with Crippen LogP contribution in [-0.2, 0) is 4.79 Å². The van der Waals surface area contributed by atoms with Gasteiger partial charge in [0.2, 0.25) is 5.91 Å². The molecule has 1 aromatic carbocycles. The Hall–Kier alpha value is -2.11. The van der Waals surface area contributed by atoms with Crippen LogP contribution in [0.1, 0.15) is 23.2 Å². The van der Waals surface area contributed by atoms with Gasteiger partial charge < -0.3 is 5.11 Å². The Bertz CT molecular complexity index is 611. The second-order valence-corrected chi connectivity index (χ2v) is 5.05. The Morgan fingerprint density at radius 2 is 2.05 bits per heavy atom. The fraction of sp³-hybridized carbons (Fsp3) is 0.200. The Kier molecular flexibility index (Phi) is 5.14. The molecule has 6 heteroatoms. The molecule has 1 atom stereocenters. The lowest BCUT2D eigenvalue weighted by Gasteiger charge is -2.14. The average molecular weight is 307 g/mol. The first-order valence-corrected chi connectivity index (χ1v) is 6.82. The van der Waals surface area contributed by atoms with E-state index in [0.29, 0.717) is 11.4 Å². The minimum absolute atomic E-state index is 0.115. The van der Waals surface area contributed by atoms with Crippen molar-refractivity contribution < 1.29 is 14.7 Å². The number of rotatable bonds is 3. The summed E-state index contributed by atoms with van der Waals surface area (Å²) in [6.45, 7) is 0. The highest BCUT2D eigenvalue weighted by Gasteiger charge is 2.14. The zero-order chi connectivity index (χ0) is 15.2. The standard InChI is InChI=1S/C15H15ClN2O3/c16-13-7-2-1-6-12(13)15(21)18-17-14(20)9-10-4-3-5-11(19)8-10/h1-7,11,19H,8-9H2,(H,17,20)(H,18,21). The minimum atomic E-state index is -0.560. The van der Waals surface area contributed by atoms with E-state index in [1.807, 2.05) is 0 Å². The van der Waals surface area contributed by atoms with Crippen LogP contribution in [-0.4, -0.2) is 23.0 Å². The summed E-state index contributed by atoms with van der Waals surface area (Å²) in [5.41, 5.74) is 5.72. The molecule has 2 amide bonds. The molecule has 0 radical (unpaired) electrons. The molecule has 0 spiro atoms. The zero-order valence-corrected chi connectivity index (χ0v) is 11.9. The number of benzene rings is 1. The van der Waals surface area contributed by atoms with Gasteiger partial charge >= 0.3 is 0 Å². The lowest BCUT2D eigenvalue weighted by molar-refractivity contribution is -0.121. The van der Waals surface area contributed by atoms with Crippen LogP contribution in [0.4, 0.5) is 0 Å². The third-order valence-electron chi connectivity index (χ3n) is 2.96. The summed E-state index contributed by atoms with van der Waals surface area (Å²) >= 11 is 5.89. The van der Waals surface area contributed by atoms with Crippen molar-refractivity contribution in [1.29, 1.82) is 0 Å². The molecule has 0 fully saturated rings. The third-order valence-corrected chi connectivity index (χ3v) is 3.29. The number of amides is 2. The maximum absolute atomic E-state index is 11.8. The smallest absolute Gasteiger partial charge is 0.271 e. The van der Waals surface area contributed by atoms with E-state index >= 15 is 0 Å². The maximum Gasteiger partial charge on any atom is 0.271 e. The van der Waals surface area contributed by atoms with Gasteiger partial charge in [-0.05, 0) is 18.6 Å². The van der Waals surface area contributed by atoms with Gasteiger partial charge in [-0.15, -0.1) is 0 Å². The van der Waals surface area contributed by atoms with E-state index in [2.05, 4.69) is 10.9 Å². The SMILES string of the molecule is O=C(CC1=CC=CC(O)C1)NNC(=O)c1ccccc1Cl. The first-order valence-electron chi connectivity index (χ1n) is 6.44. The van der Waals surface area contributed by atoms with Crippen LogP contribution in [0.15, 0.2) is 48.1 Å². The molecule has 2 rings (SSSR count). The van der Waals surface area contributed by atoms with Gasteiger partial charge in [0.05, 0.1) is 16.7 Å². The number of nitrogens with one attached hydrogen (secondary N) is 2. The van der Waals surface area contributed by atoms with Crippen LogP contribution in [0.25, 0.3) is 0 Å². The van der Waals surface area contributed by atoms with E-state index in [9.17, 15) is 14.7 Å². The van der Waals surface area contributed by atoms with Crippen molar-refractivity contribution in [3.05, 3.63) is 58.7 Å². The lowest BCUT2D eigenvalue weighted by atomic mass is 10.00. The minimum Gasteiger partial charge on any atom is -0.389 e. The molecule has 0 saturated heterocycles. The predicted octanol–water partition coefficient (Wildman–Crippen LogP) is 1.74. The molecule has 0 bridgehead atoms. The number of allylic oxidation sites excluding steroid dienone is 2. The summed E-state index contributed by atoms with van der Waals surface area (Å²) in [7, 11) is 0. The molecule has 1 aliphatic rings. The molecule has 0 saturated carbocycles. The van der Waals surface area contributed by atoms with Gasteiger partial charge in [0.15, 0.2) is 0 Å². The molecule has 0 aliphatic heterocycles. The van der Waals surface area contributed by atoms with Crippen molar-refractivity contribution in [2.75, 3.05) is 0 Å². The number of aliphatic hydroxyl groups excluding tert-OH is 1. The van der Waals surface area contributed by atoms with E-state index in [0.717, 1.165) is 5.57 Å². The number of carbonyl (C=O) groups excluding carboxylic acids is 2. The summed E-state index contributed by atoms with van der Waals surface area (Å²) in [6, 6.07) is 6.56. The first-order chi connectivity index (χ1) is 10.1. The van der Waals surface area contributed by atoms with E-state index in [-0.39, 0.29) is 17.9 Å². The summed E-state index contributed by atoms with van der Waals surface area (Å²) in [6.07, 6.45) is 5.12. The highest BCUT2D eigenvalue weighted by atomic mass is 35.5. The Morgan fingerprint density at radius 3 is 2.76 bits per heavy atom. The number of hydrogen-bond donors (Lipinski definition) is 3. The number of halogens is 1. The zero-order valence-electron chi connectivity index (χ0n) is 11.2. The average Bonchev–Trinajstić information content (AvgIpc) is 2.45. The van der Waals surface area contributed by atoms with Gasteiger partial charge in [-0.25, -0.2) is 0 Å². The molecule has 0 aromatic heterocycles. The molecule has 1 unspecified atom stereocenters. The molecule has 21 heavy (non-hydrogen) atoms. The van der Waals surface area contributed by atoms with Crippen LogP contribution in [0.3, 0.4) is 0 Å². The highest BCUT2D eigenvalue weighted by molar-refractivity contribution is 6.33. The fourth-order valence-electron chi connectivity index (χ4n) is 1.95. The summed E-state index contributed by atoms with van der Waals surface area (Å²) < 4.78 is 0. The van der Waals surface area contributed by atoms with Crippen molar-refractivity contribution >= 4 is 23.4 Å². The fourth-order valence-corrected chi connectivity index (χ4v) is 2.17. The highest BCUT2D eigenvalue weighted by Crippen LogP contribution is 2.16. The van der Waals surface area contributed by atoms with E-state index in [1.54, 1.807) is 42.5 Å². The van der Waals surface area contributed by atoms with E-state index in [1.165, 1.54) is 0 Å². The number of aliphatic hydroxyl groups is 1. The Labute approximate surface area is 127 Å². The largest absolute Gasteiger partial charge is 0.389 e. The van der Waals surface area contributed by atoms with Gasteiger partial charge in [0.25, 0.3) is 5.91 Å². The van der Waals surface area contributed by atoms with Gasteiger partial charge in [-0.1, -0.05) is 47.5 Å². The van der Waals surface area contributed by atoms with Crippen molar-refractivity contribution in [1.82, 2.24) is 10.9 Å². The molecular weight excluding hydrogens is 292 g/mol. The Balaban J connectivity index is 1.84. The summed E-state index contributed by atoms with van der Waals surface area (Å²) in [5, 5.41) is 9.76. The molecule has 3 N–H and O–H groups in total. The summed E-state index contributed by atoms with van der Waals surface area (Å²) in [4.78, 5) is 23.6. The van der Waals surface area contributed by atoms with Gasteiger partial charge in [0, 0.05) is 6.42 Å².